The van der Waals surface area contributed by atoms with Gasteiger partial charge in [-0.15, -0.1) is 0 Å². The Morgan fingerprint density at radius 2 is 1.89 bits per heavy atom. The van der Waals surface area contributed by atoms with E-state index in [-0.39, 0.29) is 26.9 Å². The summed E-state index contributed by atoms with van der Waals surface area (Å²) < 4.78 is 27.4. The van der Waals surface area contributed by atoms with Gasteiger partial charge in [0.1, 0.15) is 4.90 Å². The van der Waals surface area contributed by atoms with Gasteiger partial charge in [-0.3, -0.25) is 0 Å². The summed E-state index contributed by atoms with van der Waals surface area (Å²) >= 11 is 11.9. The zero-order valence-electron chi connectivity index (χ0n) is 10.3. The molecule has 0 amide bonds. The largest absolute Gasteiger partial charge is 0.330 e. The van der Waals surface area contributed by atoms with Crippen LogP contribution in [0.1, 0.15) is 19.3 Å². The summed E-state index contributed by atoms with van der Waals surface area (Å²) in [6, 6.07) is 4.50. The monoisotopic (exact) mass is 322 g/mol. The summed E-state index contributed by atoms with van der Waals surface area (Å²) in [4.78, 5) is -0.0546. The van der Waals surface area contributed by atoms with Crippen LogP contribution in [0.2, 0.25) is 10.0 Å². The average Bonchev–Trinajstić information content (AvgIpc) is 2.74. The lowest BCUT2D eigenvalue weighted by molar-refractivity contribution is 0.453. The fourth-order valence-electron chi connectivity index (χ4n) is 2.47. The van der Waals surface area contributed by atoms with Gasteiger partial charge in [0.15, 0.2) is 0 Å². The van der Waals surface area contributed by atoms with Crippen LogP contribution >= 0.6 is 23.2 Å². The van der Waals surface area contributed by atoms with Crippen molar-refractivity contribution in [2.45, 2.75) is 30.2 Å². The molecule has 2 unspecified atom stereocenters. The molecule has 0 aromatic heterocycles. The lowest BCUT2D eigenvalue weighted by Crippen LogP contribution is -2.40. The topological polar surface area (TPSA) is 72.2 Å². The number of benzene rings is 1. The maximum absolute atomic E-state index is 12.4. The maximum Gasteiger partial charge on any atom is 0.243 e. The molecule has 1 aromatic rings. The molecule has 0 heterocycles. The van der Waals surface area contributed by atoms with Gasteiger partial charge >= 0.3 is 0 Å². The average molecular weight is 323 g/mol. The third-order valence-electron chi connectivity index (χ3n) is 3.46. The van der Waals surface area contributed by atoms with Gasteiger partial charge in [-0.25, -0.2) is 13.1 Å². The Hall–Kier alpha value is -0.330. The second-order valence-electron chi connectivity index (χ2n) is 4.71. The molecule has 1 aliphatic carbocycles. The molecule has 3 N–H and O–H groups in total. The zero-order chi connectivity index (χ0) is 14.0. The third kappa shape index (κ3) is 3.23. The maximum atomic E-state index is 12.4. The molecule has 2 rings (SSSR count). The molecule has 1 fully saturated rings. The highest BCUT2D eigenvalue weighted by Crippen LogP contribution is 2.31. The van der Waals surface area contributed by atoms with E-state index in [0.29, 0.717) is 6.54 Å². The first-order chi connectivity index (χ1) is 8.95. The highest BCUT2D eigenvalue weighted by molar-refractivity contribution is 7.89. The minimum Gasteiger partial charge on any atom is -0.330 e. The molecule has 7 heteroatoms. The van der Waals surface area contributed by atoms with Gasteiger partial charge < -0.3 is 5.73 Å². The minimum atomic E-state index is -3.72. The van der Waals surface area contributed by atoms with Crippen molar-refractivity contribution >= 4 is 33.2 Å². The van der Waals surface area contributed by atoms with E-state index in [1.54, 1.807) is 6.07 Å². The summed E-state index contributed by atoms with van der Waals surface area (Å²) in [6.45, 7) is 0.476. The van der Waals surface area contributed by atoms with Crippen molar-refractivity contribution in [2.24, 2.45) is 11.7 Å². The Labute approximate surface area is 123 Å². The number of halogens is 2. The van der Waals surface area contributed by atoms with Crippen molar-refractivity contribution in [2.75, 3.05) is 6.54 Å². The zero-order valence-corrected chi connectivity index (χ0v) is 12.6. The lowest BCUT2D eigenvalue weighted by Gasteiger charge is -2.20. The van der Waals surface area contributed by atoms with Gasteiger partial charge in [-0.2, -0.15) is 0 Å². The van der Waals surface area contributed by atoms with Crippen molar-refractivity contribution < 1.29 is 8.42 Å². The van der Waals surface area contributed by atoms with Gasteiger partial charge in [-0.1, -0.05) is 35.7 Å². The van der Waals surface area contributed by atoms with Crippen molar-refractivity contribution in [3.63, 3.8) is 0 Å². The van der Waals surface area contributed by atoms with Crippen molar-refractivity contribution in [1.82, 2.24) is 4.72 Å². The first-order valence-electron chi connectivity index (χ1n) is 6.12. The molecule has 0 aliphatic heterocycles. The standard InChI is InChI=1S/C12H16Cl2N2O2S/c13-9-4-2-5-10(14)12(9)19(17,18)16-11-6-1-3-8(11)7-15/h2,4-5,8,11,16H,1,3,6-7,15H2. The van der Waals surface area contributed by atoms with Crippen LogP contribution in [0.4, 0.5) is 0 Å². The van der Waals surface area contributed by atoms with Crippen molar-refractivity contribution in [3.8, 4) is 0 Å². The molecular formula is C12H16Cl2N2O2S. The lowest BCUT2D eigenvalue weighted by atomic mass is 10.1. The summed E-state index contributed by atoms with van der Waals surface area (Å²) in [5, 5.41) is 0.254. The van der Waals surface area contributed by atoms with Crippen molar-refractivity contribution in [1.29, 1.82) is 0 Å². The highest BCUT2D eigenvalue weighted by Gasteiger charge is 2.32. The quantitative estimate of drug-likeness (QED) is 0.894. The summed E-state index contributed by atoms with van der Waals surface area (Å²) in [5.74, 6) is 0.177. The van der Waals surface area contributed by atoms with Crippen LogP contribution in [0.25, 0.3) is 0 Å². The first kappa shape index (κ1) is 15.1. The van der Waals surface area contributed by atoms with E-state index in [4.69, 9.17) is 28.9 Å². The van der Waals surface area contributed by atoms with E-state index in [0.717, 1.165) is 19.3 Å². The number of sulfonamides is 1. The van der Waals surface area contributed by atoms with Crippen LogP contribution in [0.15, 0.2) is 23.1 Å². The van der Waals surface area contributed by atoms with E-state index in [1.165, 1.54) is 12.1 Å². The molecule has 4 nitrogen and oxygen atoms in total. The molecule has 19 heavy (non-hydrogen) atoms. The van der Waals surface area contributed by atoms with Crippen LogP contribution < -0.4 is 10.5 Å². The molecule has 1 aliphatic rings. The van der Waals surface area contributed by atoms with Crippen LogP contribution in [0.3, 0.4) is 0 Å². The molecule has 1 saturated carbocycles. The van der Waals surface area contributed by atoms with E-state index >= 15 is 0 Å². The smallest absolute Gasteiger partial charge is 0.243 e. The molecule has 0 spiro atoms. The van der Waals surface area contributed by atoms with Gasteiger partial charge in [0, 0.05) is 6.04 Å². The van der Waals surface area contributed by atoms with Crippen molar-refractivity contribution in [3.05, 3.63) is 28.2 Å². The van der Waals surface area contributed by atoms with E-state index in [9.17, 15) is 8.42 Å². The first-order valence-corrected chi connectivity index (χ1v) is 8.36. The second-order valence-corrected chi connectivity index (χ2v) is 7.17. The van der Waals surface area contributed by atoms with Crippen LogP contribution in [-0.4, -0.2) is 21.0 Å². The Bertz CT molecular complexity index is 543. The SMILES string of the molecule is NCC1CCCC1NS(=O)(=O)c1c(Cl)cccc1Cl. The number of hydrogen-bond donors (Lipinski definition) is 2. The summed E-state index contributed by atoms with van der Waals surface area (Å²) in [6.07, 6.45) is 2.72. The van der Waals surface area contributed by atoms with E-state index < -0.39 is 10.0 Å². The van der Waals surface area contributed by atoms with E-state index in [1.807, 2.05) is 0 Å². The van der Waals surface area contributed by atoms with E-state index in [2.05, 4.69) is 4.72 Å². The van der Waals surface area contributed by atoms with Gasteiger partial charge in [0.25, 0.3) is 0 Å². The molecule has 0 bridgehead atoms. The molecule has 0 radical (unpaired) electrons. The minimum absolute atomic E-state index is 0.0546. The third-order valence-corrected chi connectivity index (χ3v) is 5.90. The predicted molar refractivity (Wildman–Crippen MR) is 77.0 cm³/mol. The number of rotatable bonds is 4. The number of nitrogens with two attached hydrogens (primary N) is 1. The predicted octanol–water partition coefficient (Wildman–Crippen LogP) is 2.40. The molecule has 2 atom stereocenters. The molecule has 0 saturated heterocycles. The number of nitrogens with one attached hydrogen (secondary N) is 1. The Balaban J connectivity index is 2.28. The van der Waals surface area contributed by atoms with Crippen LogP contribution in [0.5, 0.6) is 0 Å². The Kier molecular flexibility index (Phi) is 4.74. The molecule has 1 aromatic carbocycles. The fraction of sp³-hybridized carbons (Fsp3) is 0.500. The van der Waals surface area contributed by atoms with Gasteiger partial charge in [0.05, 0.1) is 10.0 Å². The van der Waals surface area contributed by atoms with Gasteiger partial charge in [0.2, 0.25) is 10.0 Å². The summed E-state index contributed by atoms with van der Waals surface area (Å²) in [5.41, 5.74) is 5.65. The van der Waals surface area contributed by atoms with Crippen LogP contribution in [-0.2, 0) is 10.0 Å². The highest BCUT2D eigenvalue weighted by atomic mass is 35.5. The fourth-order valence-corrected chi connectivity index (χ4v) is 4.95. The van der Waals surface area contributed by atoms with Crippen LogP contribution in [0, 0.1) is 5.92 Å². The van der Waals surface area contributed by atoms with Gasteiger partial charge in [-0.05, 0) is 37.4 Å². The Morgan fingerprint density at radius 1 is 1.26 bits per heavy atom. The Morgan fingerprint density at radius 3 is 2.47 bits per heavy atom. The second kappa shape index (κ2) is 5.97. The summed E-state index contributed by atoms with van der Waals surface area (Å²) in [7, 11) is -3.72. The normalized spacial score (nSPS) is 23.7. The molecular weight excluding hydrogens is 307 g/mol. The number of hydrogen-bond acceptors (Lipinski definition) is 3. The molecule has 106 valence electrons.